The Hall–Kier alpha value is -3.66. The Balaban J connectivity index is 1.80. The molecule has 5 rings (SSSR count). The molecule has 0 bridgehead atoms. The third kappa shape index (κ3) is 2.40. The van der Waals surface area contributed by atoms with Gasteiger partial charge in [0.25, 0.3) is 0 Å². The van der Waals surface area contributed by atoms with Crippen molar-refractivity contribution >= 4 is 22.9 Å². The van der Waals surface area contributed by atoms with E-state index in [2.05, 4.69) is 0 Å². The minimum Gasteiger partial charge on any atom is -0.508 e. The highest BCUT2D eigenvalue weighted by molar-refractivity contribution is 5.92. The predicted octanol–water partition coefficient (Wildman–Crippen LogP) is 4.89. The van der Waals surface area contributed by atoms with Crippen molar-refractivity contribution in [1.29, 1.82) is 0 Å². The monoisotopic (exact) mass is 338 g/mol. The lowest BCUT2D eigenvalue weighted by Crippen LogP contribution is -2.09. The van der Waals surface area contributed by atoms with Gasteiger partial charge in [0.05, 0.1) is 11.0 Å². The summed E-state index contributed by atoms with van der Waals surface area (Å²) in [5.74, 6) is 1.34. The number of para-hydroxylation sites is 2. The van der Waals surface area contributed by atoms with Crippen LogP contribution in [0.5, 0.6) is 11.5 Å². The normalized spacial score (nSPS) is 13.9. The minimum atomic E-state index is 0.153. The third-order valence-corrected chi connectivity index (χ3v) is 4.34. The Morgan fingerprint density at radius 2 is 1.46 bits per heavy atom. The highest BCUT2D eigenvalue weighted by atomic mass is 16.5. The summed E-state index contributed by atoms with van der Waals surface area (Å²) in [5, 5.41) is 9.85. The number of nitrogens with zero attached hydrogens (tertiary/aromatic N) is 2. The van der Waals surface area contributed by atoms with Crippen molar-refractivity contribution in [3.8, 4) is 22.8 Å². The molecule has 0 unspecified atom stereocenters. The molecule has 0 spiro atoms. The fourth-order valence-corrected chi connectivity index (χ4v) is 3.12. The number of benzene rings is 3. The second-order valence-corrected chi connectivity index (χ2v) is 6.11. The van der Waals surface area contributed by atoms with Gasteiger partial charge in [-0.15, -0.1) is 0 Å². The van der Waals surface area contributed by atoms with Crippen LogP contribution in [-0.4, -0.2) is 15.1 Å². The summed E-state index contributed by atoms with van der Waals surface area (Å²) < 4.78 is 6.09. The van der Waals surface area contributed by atoms with E-state index in [1.54, 1.807) is 12.1 Å². The number of rotatable bonds is 1. The maximum Gasteiger partial charge on any atom is 0.155 e. The molecule has 0 saturated heterocycles. The lowest BCUT2D eigenvalue weighted by atomic mass is 10.0. The van der Waals surface area contributed by atoms with Crippen molar-refractivity contribution in [2.24, 2.45) is 0 Å². The molecule has 1 aliphatic heterocycles. The van der Waals surface area contributed by atoms with Crippen LogP contribution >= 0.6 is 0 Å². The number of hydrogen-bond donors (Lipinski definition) is 1. The number of aromatic nitrogens is 2. The van der Waals surface area contributed by atoms with E-state index in [1.165, 1.54) is 0 Å². The summed E-state index contributed by atoms with van der Waals surface area (Å²) in [6, 6.07) is 22.7. The average molecular weight is 338 g/mol. The van der Waals surface area contributed by atoms with Crippen LogP contribution in [-0.2, 0) is 0 Å². The van der Waals surface area contributed by atoms with Crippen LogP contribution in [0.1, 0.15) is 11.3 Å². The first-order chi connectivity index (χ1) is 12.8. The first-order valence-corrected chi connectivity index (χ1v) is 8.33. The van der Waals surface area contributed by atoms with Gasteiger partial charge in [-0.3, -0.25) is 0 Å². The molecule has 26 heavy (non-hydrogen) atoms. The van der Waals surface area contributed by atoms with Crippen LogP contribution in [0.25, 0.3) is 34.1 Å². The van der Waals surface area contributed by atoms with Crippen LogP contribution < -0.4 is 4.74 Å². The Kier molecular flexibility index (Phi) is 3.22. The maximum absolute atomic E-state index is 9.85. The van der Waals surface area contributed by atoms with Crippen molar-refractivity contribution in [3.63, 3.8) is 0 Å². The highest BCUT2D eigenvalue weighted by Gasteiger charge is 2.25. The van der Waals surface area contributed by atoms with E-state index in [0.717, 1.165) is 27.9 Å². The SMILES string of the molecule is Oc1ccc2c(c1)O/C(=C\c1ccccc1)c1nc3ccccc3nc1-2. The van der Waals surface area contributed by atoms with Crippen LogP contribution in [0.3, 0.4) is 0 Å². The first-order valence-electron chi connectivity index (χ1n) is 8.33. The van der Waals surface area contributed by atoms with Crippen molar-refractivity contribution in [2.75, 3.05) is 0 Å². The van der Waals surface area contributed by atoms with E-state index in [0.29, 0.717) is 17.2 Å². The molecule has 0 aliphatic carbocycles. The molecule has 1 aromatic heterocycles. The first kappa shape index (κ1) is 14.7. The number of phenols is 1. The second-order valence-electron chi connectivity index (χ2n) is 6.11. The number of hydrogen-bond acceptors (Lipinski definition) is 4. The van der Waals surface area contributed by atoms with E-state index >= 15 is 0 Å². The summed E-state index contributed by atoms with van der Waals surface area (Å²) in [6.07, 6.45) is 1.94. The molecule has 1 aliphatic rings. The van der Waals surface area contributed by atoms with Gasteiger partial charge in [-0.1, -0.05) is 42.5 Å². The van der Waals surface area contributed by atoms with Gasteiger partial charge in [0.1, 0.15) is 22.9 Å². The van der Waals surface area contributed by atoms with Crippen LogP contribution in [0.15, 0.2) is 72.8 Å². The van der Waals surface area contributed by atoms with Gasteiger partial charge in [0.2, 0.25) is 0 Å². The Morgan fingerprint density at radius 1 is 0.769 bits per heavy atom. The molecule has 0 amide bonds. The number of ether oxygens (including phenoxy) is 1. The number of aromatic hydroxyl groups is 1. The molecule has 4 heteroatoms. The summed E-state index contributed by atoms with van der Waals surface area (Å²) in [4.78, 5) is 9.61. The van der Waals surface area contributed by atoms with Crippen LogP contribution in [0.4, 0.5) is 0 Å². The summed E-state index contributed by atoms with van der Waals surface area (Å²) in [7, 11) is 0. The molecule has 0 fully saturated rings. The van der Waals surface area contributed by atoms with Crippen molar-refractivity contribution < 1.29 is 9.84 Å². The summed E-state index contributed by atoms with van der Waals surface area (Å²) in [6.45, 7) is 0. The van der Waals surface area contributed by atoms with Crippen LogP contribution in [0, 0.1) is 0 Å². The largest absolute Gasteiger partial charge is 0.508 e. The van der Waals surface area contributed by atoms with Gasteiger partial charge < -0.3 is 9.84 Å². The van der Waals surface area contributed by atoms with E-state index in [9.17, 15) is 5.11 Å². The molecule has 0 radical (unpaired) electrons. The quantitative estimate of drug-likeness (QED) is 0.537. The second kappa shape index (κ2) is 5.70. The van der Waals surface area contributed by atoms with Gasteiger partial charge in [0, 0.05) is 11.6 Å². The Morgan fingerprint density at radius 3 is 2.23 bits per heavy atom. The third-order valence-electron chi connectivity index (χ3n) is 4.34. The smallest absolute Gasteiger partial charge is 0.155 e. The maximum atomic E-state index is 9.85. The van der Waals surface area contributed by atoms with Gasteiger partial charge in [-0.05, 0) is 35.9 Å². The molecule has 124 valence electrons. The fraction of sp³-hybridized carbons (Fsp3) is 0. The minimum absolute atomic E-state index is 0.153. The molecule has 4 nitrogen and oxygen atoms in total. The number of fused-ring (bicyclic) bond motifs is 4. The van der Waals surface area contributed by atoms with Crippen molar-refractivity contribution in [2.45, 2.75) is 0 Å². The summed E-state index contributed by atoms with van der Waals surface area (Å²) >= 11 is 0. The van der Waals surface area contributed by atoms with Gasteiger partial charge in [-0.25, -0.2) is 9.97 Å². The van der Waals surface area contributed by atoms with Gasteiger partial charge in [0.15, 0.2) is 5.76 Å². The van der Waals surface area contributed by atoms with E-state index in [-0.39, 0.29) is 5.75 Å². The lowest BCUT2D eigenvalue weighted by Gasteiger charge is -2.22. The molecule has 0 saturated carbocycles. The summed E-state index contributed by atoms with van der Waals surface area (Å²) in [5.41, 5.74) is 4.92. The van der Waals surface area contributed by atoms with E-state index < -0.39 is 0 Å². The van der Waals surface area contributed by atoms with Crippen molar-refractivity contribution in [3.05, 3.63) is 84.1 Å². The zero-order valence-electron chi connectivity index (χ0n) is 13.8. The number of phenolic OH excluding ortho intramolecular Hbond substituents is 1. The van der Waals surface area contributed by atoms with Gasteiger partial charge >= 0.3 is 0 Å². The predicted molar refractivity (Wildman–Crippen MR) is 102 cm³/mol. The molecule has 3 aromatic carbocycles. The zero-order valence-corrected chi connectivity index (χ0v) is 13.8. The highest BCUT2D eigenvalue weighted by Crippen LogP contribution is 2.42. The molecule has 4 aromatic rings. The van der Waals surface area contributed by atoms with Crippen LogP contribution in [0.2, 0.25) is 0 Å². The standard InChI is InChI=1S/C22H14N2O2/c25-15-10-11-16-19(13-15)26-20(12-14-6-2-1-3-7-14)22-21(16)23-17-8-4-5-9-18(17)24-22/h1-13,25H/b20-12-. The average Bonchev–Trinajstić information content (AvgIpc) is 2.67. The van der Waals surface area contributed by atoms with Crippen molar-refractivity contribution in [1.82, 2.24) is 9.97 Å². The Bertz CT molecular complexity index is 1170. The van der Waals surface area contributed by atoms with E-state index in [1.807, 2.05) is 66.7 Å². The molecule has 1 N–H and O–H groups in total. The zero-order chi connectivity index (χ0) is 17.5. The molecular weight excluding hydrogens is 324 g/mol. The fourth-order valence-electron chi connectivity index (χ4n) is 3.12. The molecular formula is C22H14N2O2. The Labute approximate surface area is 150 Å². The molecule has 0 atom stereocenters. The topological polar surface area (TPSA) is 55.2 Å². The van der Waals surface area contributed by atoms with E-state index in [4.69, 9.17) is 14.7 Å². The van der Waals surface area contributed by atoms with Gasteiger partial charge in [-0.2, -0.15) is 0 Å². The lowest BCUT2D eigenvalue weighted by molar-refractivity contribution is 0.463. The molecule has 2 heterocycles.